The number of para-hydroxylation sites is 2. The largest absolute Gasteiger partial charge is 0.455 e. The minimum absolute atomic E-state index is 0.0600. The number of halogens is 1. The highest BCUT2D eigenvalue weighted by Gasteiger charge is 2.14. The molecule has 1 amide bonds. The molecule has 30 heavy (non-hydrogen) atoms. The Bertz CT molecular complexity index is 1200. The Balaban J connectivity index is 1.72. The molecule has 0 spiro atoms. The summed E-state index contributed by atoms with van der Waals surface area (Å²) in [5.41, 5.74) is 2.08. The number of H-pyrrole nitrogens is 1. The molecule has 0 unspecified atom stereocenters. The van der Waals surface area contributed by atoms with Crippen LogP contribution in [0.1, 0.15) is 28.8 Å². The van der Waals surface area contributed by atoms with E-state index in [0.717, 1.165) is 5.56 Å². The van der Waals surface area contributed by atoms with Gasteiger partial charge in [0.05, 0.1) is 5.69 Å². The first-order valence-corrected chi connectivity index (χ1v) is 9.33. The van der Waals surface area contributed by atoms with Gasteiger partial charge in [-0.2, -0.15) is 5.26 Å². The molecule has 6 nitrogen and oxygen atoms in total. The maximum Gasteiger partial charge on any atom is 0.266 e. The number of benzene rings is 2. The Morgan fingerprint density at radius 3 is 2.70 bits per heavy atom. The maximum absolute atomic E-state index is 13.4. The Labute approximate surface area is 172 Å². The number of carbonyl (C=O) groups excluding carboxylic acids is 1. The van der Waals surface area contributed by atoms with Gasteiger partial charge in [0.1, 0.15) is 23.2 Å². The van der Waals surface area contributed by atoms with Crippen molar-refractivity contribution in [2.24, 2.45) is 0 Å². The smallest absolute Gasteiger partial charge is 0.266 e. The normalized spacial score (nSPS) is 10.3. The van der Waals surface area contributed by atoms with Crippen molar-refractivity contribution in [3.8, 4) is 17.6 Å². The quantitative estimate of drug-likeness (QED) is 0.637. The first kappa shape index (κ1) is 20.8. The topological polar surface area (TPSA) is 95.0 Å². The predicted molar refractivity (Wildman–Crippen MR) is 111 cm³/mol. The van der Waals surface area contributed by atoms with Gasteiger partial charge in [0.15, 0.2) is 5.75 Å². The fraction of sp³-hybridized carbons (Fsp3) is 0.174. The second kappa shape index (κ2) is 9.05. The van der Waals surface area contributed by atoms with E-state index in [4.69, 9.17) is 10.00 Å². The summed E-state index contributed by atoms with van der Waals surface area (Å²) >= 11 is 0. The molecule has 0 aliphatic rings. The van der Waals surface area contributed by atoms with Crippen molar-refractivity contribution in [3.63, 3.8) is 0 Å². The van der Waals surface area contributed by atoms with Crippen LogP contribution in [-0.2, 0) is 11.2 Å². The van der Waals surface area contributed by atoms with Crippen LogP contribution in [0.3, 0.4) is 0 Å². The highest BCUT2D eigenvalue weighted by Crippen LogP contribution is 2.29. The Hall–Kier alpha value is -3.92. The molecule has 0 radical (unpaired) electrons. The summed E-state index contributed by atoms with van der Waals surface area (Å²) in [6, 6.07) is 14.5. The van der Waals surface area contributed by atoms with E-state index in [-0.39, 0.29) is 17.9 Å². The third kappa shape index (κ3) is 4.73. The average Bonchev–Trinajstić information content (AvgIpc) is 2.69. The Morgan fingerprint density at radius 2 is 1.97 bits per heavy atom. The summed E-state index contributed by atoms with van der Waals surface area (Å²) in [6.07, 6.45) is 0.509. The number of aromatic nitrogens is 1. The van der Waals surface area contributed by atoms with Gasteiger partial charge in [-0.1, -0.05) is 18.2 Å². The average molecular weight is 405 g/mol. The minimum atomic E-state index is -0.427. The number of anilines is 1. The van der Waals surface area contributed by atoms with Crippen LogP contribution in [0.5, 0.6) is 11.5 Å². The third-order valence-electron chi connectivity index (χ3n) is 4.71. The lowest BCUT2D eigenvalue weighted by Gasteiger charge is -2.13. The summed E-state index contributed by atoms with van der Waals surface area (Å²) in [5.74, 6) is 0.0334. The van der Waals surface area contributed by atoms with Crippen molar-refractivity contribution >= 4 is 11.6 Å². The molecule has 1 aromatic heterocycles. The summed E-state index contributed by atoms with van der Waals surface area (Å²) in [7, 11) is 0. The van der Waals surface area contributed by atoms with Crippen molar-refractivity contribution in [1.29, 1.82) is 5.26 Å². The van der Waals surface area contributed by atoms with Gasteiger partial charge in [0, 0.05) is 18.2 Å². The summed E-state index contributed by atoms with van der Waals surface area (Å²) in [6.45, 7) is 3.45. The second-order valence-electron chi connectivity index (χ2n) is 6.77. The van der Waals surface area contributed by atoms with Gasteiger partial charge in [-0.05, 0) is 55.7 Å². The highest BCUT2D eigenvalue weighted by molar-refractivity contribution is 5.92. The molecule has 2 N–H and O–H groups in total. The molecular formula is C23H20FN3O3. The highest BCUT2D eigenvalue weighted by atomic mass is 19.1. The van der Waals surface area contributed by atoms with Crippen LogP contribution >= 0.6 is 0 Å². The van der Waals surface area contributed by atoms with Gasteiger partial charge in [-0.3, -0.25) is 9.59 Å². The number of hydrogen-bond donors (Lipinski definition) is 2. The number of nitriles is 1. The number of carbonyl (C=O) groups is 1. The summed E-state index contributed by atoms with van der Waals surface area (Å²) in [5, 5.41) is 12.0. The van der Waals surface area contributed by atoms with Gasteiger partial charge < -0.3 is 15.0 Å². The van der Waals surface area contributed by atoms with Crippen LogP contribution < -0.4 is 15.6 Å². The molecule has 3 rings (SSSR count). The standard InChI is InChI=1S/C23H20FN3O3/c1-14-18(15(2)26-23(29)19(14)13-25)10-11-22(28)27-20-8-3-4-9-21(20)30-17-7-5-6-16(24)12-17/h3-9,12H,10-11H2,1-2H3,(H,26,29)(H,27,28). The molecule has 0 saturated heterocycles. The number of aryl methyl sites for hydroxylation is 1. The van der Waals surface area contributed by atoms with E-state index >= 15 is 0 Å². The molecule has 1 heterocycles. The lowest BCUT2D eigenvalue weighted by atomic mass is 9.99. The van der Waals surface area contributed by atoms with Crippen LogP contribution in [0.25, 0.3) is 0 Å². The maximum atomic E-state index is 13.4. The first-order chi connectivity index (χ1) is 14.4. The van der Waals surface area contributed by atoms with Crippen LogP contribution in [0.4, 0.5) is 10.1 Å². The molecule has 0 fully saturated rings. The zero-order valence-electron chi connectivity index (χ0n) is 16.6. The monoisotopic (exact) mass is 405 g/mol. The molecule has 2 aromatic carbocycles. The molecule has 0 atom stereocenters. The Kier molecular flexibility index (Phi) is 6.28. The number of hydrogen-bond acceptors (Lipinski definition) is 4. The lowest BCUT2D eigenvalue weighted by molar-refractivity contribution is -0.116. The van der Waals surface area contributed by atoms with Crippen molar-refractivity contribution in [3.05, 3.63) is 87.1 Å². The van der Waals surface area contributed by atoms with Crippen LogP contribution in [-0.4, -0.2) is 10.9 Å². The van der Waals surface area contributed by atoms with Crippen LogP contribution in [0.2, 0.25) is 0 Å². The Morgan fingerprint density at radius 1 is 1.20 bits per heavy atom. The molecule has 0 saturated carbocycles. The number of nitrogens with one attached hydrogen (secondary N) is 2. The predicted octanol–water partition coefficient (Wildman–Crippen LogP) is 4.37. The van der Waals surface area contributed by atoms with E-state index in [9.17, 15) is 14.0 Å². The van der Waals surface area contributed by atoms with E-state index in [1.165, 1.54) is 18.2 Å². The van der Waals surface area contributed by atoms with Crippen molar-refractivity contribution in [2.75, 3.05) is 5.32 Å². The van der Waals surface area contributed by atoms with E-state index in [0.29, 0.717) is 34.9 Å². The molecular weight excluding hydrogens is 385 g/mol. The van der Waals surface area contributed by atoms with Gasteiger partial charge in [0.25, 0.3) is 5.56 Å². The third-order valence-corrected chi connectivity index (χ3v) is 4.71. The van der Waals surface area contributed by atoms with Gasteiger partial charge in [-0.15, -0.1) is 0 Å². The minimum Gasteiger partial charge on any atom is -0.455 e. The van der Waals surface area contributed by atoms with Crippen molar-refractivity contribution in [1.82, 2.24) is 4.98 Å². The number of amides is 1. The number of aromatic amines is 1. The number of pyridine rings is 1. The zero-order valence-corrected chi connectivity index (χ0v) is 16.6. The molecule has 0 aliphatic carbocycles. The van der Waals surface area contributed by atoms with Crippen LogP contribution in [0, 0.1) is 31.0 Å². The fourth-order valence-electron chi connectivity index (χ4n) is 3.19. The van der Waals surface area contributed by atoms with Crippen molar-refractivity contribution in [2.45, 2.75) is 26.7 Å². The molecule has 7 heteroatoms. The number of nitrogens with zero attached hydrogens (tertiary/aromatic N) is 1. The fourth-order valence-corrected chi connectivity index (χ4v) is 3.19. The molecule has 0 bridgehead atoms. The van der Waals surface area contributed by atoms with E-state index in [1.807, 2.05) is 6.07 Å². The van der Waals surface area contributed by atoms with Gasteiger partial charge in [-0.25, -0.2) is 4.39 Å². The van der Waals surface area contributed by atoms with E-state index in [2.05, 4.69) is 10.3 Å². The molecule has 152 valence electrons. The van der Waals surface area contributed by atoms with Crippen LogP contribution in [0.15, 0.2) is 53.3 Å². The molecule has 0 aliphatic heterocycles. The van der Waals surface area contributed by atoms with E-state index < -0.39 is 11.4 Å². The lowest BCUT2D eigenvalue weighted by Crippen LogP contribution is -2.18. The first-order valence-electron chi connectivity index (χ1n) is 9.33. The molecule has 3 aromatic rings. The van der Waals surface area contributed by atoms with Crippen molar-refractivity contribution < 1.29 is 13.9 Å². The second-order valence-corrected chi connectivity index (χ2v) is 6.77. The van der Waals surface area contributed by atoms with Gasteiger partial charge in [0.2, 0.25) is 5.91 Å². The number of ether oxygens (including phenoxy) is 1. The zero-order chi connectivity index (χ0) is 21.7. The van der Waals surface area contributed by atoms with E-state index in [1.54, 1.807) is 44.2 Å². The van der Waals surface area contributed by atoms with Gasteiger partial charge >= 0.3 is 0 Å². The SMILES string of the molecule is Cc1[nH]c(=O)c(C#N)c(C)c1CCC(=O)Nc1ccccc1Oc1cccc(F)c1. The summed E-state index contributed by atoms with van der Waals surface area (Å²) < 4.78 is 19.1. The number of rotatable bonds is 6. The summed E-state index contributed by atoms with van der Waals surface area (Å²) in [4.78, 5) is 27.0.